The molecule has 110 valence electrons. The molecule has 1 aromatic carbocycles. The van der Waals surface area contributed by atoms with Gasteiger partial charge in [0.1, 0.15) is 6.04 Å². The standard InChI is InChI=1S/C14H21N3O3/c1-11(13(18)15-8-9-20-2)17-14(19)16-10-12-6-4-3-5-7-12/h3-7,11H,8-10H2,1-2H3,(H,15,18)(H2,16,17,19). The number of hydrogen-bond donors (Lipinski definition) is 3. The fourth-order valence-electron chi connectivity index (χ4n) is 1.52. The summed E-state index contributed by atoms with van der Waals surface area (Å²) in [6.07, 6.45) is 0. The monoisotopic (exact) mass is 279 g/mol. The van der Waals surface area contributed by atoms with Crippen molar-refractivity contribution in [1.82, 2.24) is 16.0 Å². The number of ether oxygens (including phenoxy) is 1. The Kier molecular flexibility index (Phi) is 7.13. The van der Waals surface area contributed by atoms with Gasteiger partial charge in [-0.1, -0.05) is 30.3 Å². The fourth-order valence-corrected chi connectivity index (χ4v) is 1.52. The molecule has 0 aliphatic heterocycles. The number of nitrogens with one attached hydrogen (secondary N) is 3. The zero-order valence-electron chi connectivity index (χ0n) is 11.8. The van der Waals surface area contributed by atoms with Gasteiger partial charge in [0.05, 0.1) is 6.61 Å². The van der Waals surface area contributed by atoms with Crippen molar-refractivity contribution in [2.45, 2.75) is 19.5 Å². The van der Waals surface area contributed by atoms with Crippen molar-refractivity contribution in [3.8, 4) is 0 Å². The van der Waals surface area contributed by atoms with Crippen LogP contribution in [0.3, 0.4) is 0 Å². The largest absolute Gasteiger partial charge is 0.383 e. The molecule has 20 heavy (non-hydrogen) atoms. The number of carbonyl (C=O) groups excluding carboxylic acids is 2. The van der Waals surface area contributed by atoms with Crippen molar-refractivity contribution in [2.75, 3.05) is 20.3 Å². The number of methoxy groups -OCH3 is 1. The van der Waals surface area contributed by atoms with Crippen LogP contribution in [0.15, 0.2) is 30.3 Å². The van der Waals surface area contributed by atoms with E-state index >= 15 is 0 Å². The van der Waals surface area contributed by atoms with Gasteiger partial charge in [-0.15, -0.1) is 0 Å². The zero-order chi connectivity index (χ0) is 14.8. The average molecular weight is 279 g/mol. The SMILES string of the molecule is COCCNC(=O)C(C)NC(=O)NCc1ccccc1. The molecule has 3 N–H and O–H groups in total. The van der Waals surface area contributed by atoms with Crippen LogP contribution in [0.1, 0.15) is 12.5 Å². The van der Waals surface area contributed by atoms with E-state index in [1.54, 1.807) is 14.0 Å². The molecule has 0 saturated carbocycles. The summed E-state index contributed by atoms with van der Waals surface area (Å²) < 4.78 is 4.83. The Morgan fingerprint density at radius 3 is 2.55 bits per heavy atom. The Hall–Kier alpha value is -2.08. The van der Waals surface area contributed by atoms with Crippen LogP contribution in [0.5, 0.6) is 0 Å². The molecule has 3 amide bonds. The summed E-state index contributed by atoms with van der Waals surface area (Å²) in [5, 5.41) is 7.93. The number of amides is 3. The van der Waals surface area contributed by atoms with Gasteiger partial charge in [-0.05, 0) is 12.5 Å². The lowest BCUT2D eigenvalue weighted by Gasteiger charge is -2.14. The van der Waals surface area contributed by atoms with Gasteiger partial charge in [0.2, 0.25) is 5.91 Å². The molecule has 0 aliphatic carbocycles. The lowest BCUT2D eigenvalue weighted by atomic mass is 10.2. The highest BCUT2D eigenvalue weighted by molar-refractivity contribution is 5.86. The molecule has 0 fully saturated rings. The summed E-state index contributed by atoms with van der Waals surface area (Å²) in [6.45, 7) is 2.92. The molecule has 0 heterocycles. The van der Waals surface area contributed by atoms with E-state index in [1.807, 2.05) is 30.3 Å². The molecule has 0 aliphatic rings. The first-order valence-electron chi connectivity index (χ1n) is 6.48. The molecule has 0 aromatic heterocycles. The zero-order valence-corrected chi connectivity index (χ0v) is 11.8. The highest BCUT2D eigenvalue weighted by Crippen LogP contribution is 1.96. The summed E-state index contributed by atoms with van der Waals surface area (Å²) in [6, 6.07) is 8.59. The Balaban J connectivity index is 2.25. The highest BCUT2D eigenvalue weighted by atomic mass is 16.5. The van der Waals surface area contributed by atoms with Crippen molar-refractivity contribution in [1.29, 1.82) is 0 Å². The van der Waals surface area contributed by atoms with Crippen molar-refractivity contribution in [3.05, 3.63) is 35.9 Å². The van der Waals surface area contributed by atoms with Crippen LogP contribution < -0.4 is 16.0 Å². The minimum absolute atomic E-state index is 0.239. The third-order valence-corrected chi connectivity index (χ3v) is 2.64. The van der Waals surface area contributed by atoms with Gasteiger partial charge in [-0.3, -0.25) is 4.79 Å². The van der Waals surface area contributed by atoms with Gasteiger partial charge in [-0.2, -0.15) is 0 Å². The Morgan fingerprint density at radius 2 is 1.90 bits per heavy atom. The molecule has 6 nitrogen and oxygen atoms in total. The van der Waals surface area contributed by atoms with Crippen LogP contribution in [0.2, 0.25) is 0 Å². The van der Waals surface area contributed by atoms with Crippen LogP contribution >= 0.6 is 0 Å². The maximum atomic E-state index is 11.6. The average Bonchev–Trinajstić information content (AvgIpc) is 2.46. The quantitative estimate of drug-likeness (QED) is 0.641. The predicted molar refractivity (Wildman–Crippen MR) is 76.2 cm³/mol. The van der Waals surface area contributed by atoms with Gasteiger partial charge < -0.3 is 20.7 Å². The van der Waals surface area contributed by atoms with E-state index in [0.29, 0.717) is 19.7 Å². The van der Waals surface area contributed by atoms with E-state index < -0.39 is 6.04 Å². The lowest BCUT2D eigenvalue weighted by molar-refractivity contribution is -0.122. The first-order valence-corrected chi connectivity index (χ1v) is 6.48. The molecule has 1 rings (SSSR count). The van der Waals surface area contributed by atoms with Crippen molar-refractivity contribution in [2.24, 2.45) is 0 Å². The van der Waals surface area contributed by atoms with Crippen LogP contribution in [0, 0.1) is 0 Å². The number of carbonyl (C=O) groups is 2. The maximum Gasteiger partial charge on any atom is 0.315 e. The van der Waals surface area contributed by atoms with E-state index in [-0.39, 0.29) is 11.9 Å². The van der Waals surface area contributed by atoms with Gasteiger partial charge in [-0.25, -0.2) is 4.79 Å². The molecule has 1 atom stereocenters. The van der Waals surface area contributed by atoms with Crippen molar-refractivity contribution < 1.29 is 14.3 Å². The van der Waals surface area contributed by atoms with Crippen LogP contribution in [0.25, 0.3) is 0 Å². The number of urea groups is 1. The summed E-state index contributed by atoms with van der Waals surface area (Å²) in [5.74, 6) is -0.239. The number of benzene rings is 1. The smallest absolute Gasteiger partial charge is 0.315 e. The van der Waals surface area contributed by atoms with Crippen LogP contribution in [0.4, 0.5) is 4.79 Å². The molecule has 0 spiro atoms. The Bertz CT molecular complexity index is 423. The third-order valence-electron chi connectivity index (χ3n) is 2.64. The summed E-state index contributed by atoms with van der Waals surface area (Å²) in [4.78, 5) is 23.3. The van der Waals surface area contributed by atoms with Gasteiger partial charge in [0.25, 0.3) is 0 Å². The topological polar surface area (TPSA) is 79.5 Å². The highest BCUT2D eigenvalue weighted by Gasteiger charge is 2.14. The Morgan fingerprint density at radius 1 is 1.20 bits per heavy atom. The molecular formula is C14H21N3O3. The minimum atomic E-state index is -0.595. The minimum Gasteiger partial charge on any atom is -0.383 e. The maximum absolute atomic E-state index is 11.6. The molecule has 1 aromatic rings. The van der Waals surface area contributed by atoms with Gasteiger partial charge >= 0.3 is 6.03 Å². The lowest BCUT2D eigenvalue weighted by Crippen LogP contribution is -2.48. The van der Waals surface area contributed by atoms with Gasteiger partial charge in [0, 0.05) is 20.2 Å². The van der Waals surface area contributed by atoms with E-state index in [9.17, 15) is 9.59 Å². The second kappa shape index (κ2) is 8.92. The van der Waals surface area contributed by atoms with E-state index in [0.717, 1.165) is 5.56 Å². The molecule has 1 unspecified atom stereocenters. The first-order chi connectivity index (χ1) is 9.63. The predicted octanol–water partition coefficient (Wildman–Crippen LogP) is 0.637. The first kappa shape index (κ1) is 16.0. The van der Waals surface area contributed by atoms with E-state index in [4.69, 9.17) is 4.74 Å². The van der Waals surface area contributed by atoms with Gasteiger partial charge in [0.15, 0.2) is 0 Å². The second-order valence-corrected chi connectivity index (χ2v) is 4.32. The molecular weight excluding hydrogens is 258 g/mol. The summed E-state index contributed by atoms with van der Waals surface area (Å²) in [7, 11) is 1.56. The van der Waals surface area contributed by atoms with E-state index in [2.05, 4.69) is 16.0 Å². The van der Waals surface area contributed by atoms with Crippen molar-refractivity contribution in [3.63, 3.8) is 0 Å². The molecule has 6 heteroatoms. The normalized spacial score (nSPS) is 11.5. The molecule has 0 bridgehead atoms. The van der Waals surface area contributed by atoms with Crippen LogP contribution in [-0.4, -0.2) is 38.2 Å². The van der Waals surface area contributed by atoms with Crippen molar-refractivity contribution >= 4 is 11.9 Å². The molecule has 0 saturated heterocycles. The molecule has 0 radical (unpaired) electrons. The third kappa shape index (κ3) is 6.19. The summed E-state index contributed by atoms with van der Waals surface area (Å²) in [5.41, 5.74) is 1.000. The Labute approximate surface area is 118 Å². The number of rotatable bonds is 7. The fraction of sp³-hybridized carbons (Fsp3) is 0.429. The summed E-state index contributed by atoms with van der Waals surface area (Å²) >= 11 is 0. The van der Waals surface area contributed by atoms with Crippen LogP contribution in [-0.2, 0) is 16.1 Å². The van der Waals surface area contributed by atoms with E-state index in [1.165, 1.54) is 0 Å². The number of hydrogen-bond acceptors (Lipinski definition) is 3. The second-order valence-electron chi connectivity index (χ2n) is 4.32.